The normalized spacial score (nSPS) is 11.0. The van der Waals surface area contributed by atoms with Gasteiger partial charge in [0.25, 0.3) is 0 Å². The fourth-order valence-electron chi connectivity index (χ4n) is 0.716. The molecule has 0 rings (SSSR count). The Balaban J connectivity index is 3.79. The van der Waals surface area contributed by atoms with Gasteiger partial charge in [-0.2, -0.15) is 0 Å². The van der Waals surface area contributed by atoms with E-state index in [2.05, 4.69) is 27.7 Å². The summed E-state index contributed by atoms with van der Waals surface area (Å²) in [5.41, 5.74) is 0. The zero-order valence-corrected chi connectivity index (χ0v) is 8.50. The smallest absolute Gasteiger partial charge is 0.245 e. The van der Waals surface area contributed by atoms with Crippen molar-refractivity contribution in [2.24, 2.45) is 0 Å². The highest BCUT2D eigenvalue weighted by atomic mass is 16.2. The third-order valence-electron chi connectivity index (χ3n) is 1.66. The summed E-state index contributed by atoms with van der Waals surface area (Å²) in [6.45, 7) is 5.16. The van der Waals surface area contributed by atoms with Crippen molar-refractivity contribution in [3.63, 3.8) is 0 Å². The number of hydrogen-bond donors (Lipinski definition) is 0. The van der Waals surface area contributed by atoms with E-state index in [-0.39, 0.29) is 5.91 Å². The lowest BCUT2D eigenvalue weighted by Crippen LogP contribution is -2.42. The van der Waals surface area contributed by atoms with E-state index in [1.807, 2.05) is 0 Å². The number of carbonyl (C=O) groups is 1. The van der Waals surface area contributed by atoms with Gasteiger partial charge in [-0.05, 0) is 6.08 Å². The second-order valence-corrected chi connectivity index (χ2v) is 3.98. The maximum Gasteiger partial charge on any atom is 0.245 e. The van der Waals surface area contributed by atoms with Gasteiger partial charge in [0.2, 0.25) is 5.91 Å². The Bertz CT molecular complexity index is 170. The van der Waals surface area contributed by atoms with E-state index in [1.54, 1.807) is 11.9 Å². The van der Waals surface area contributed by atoms with Gasteiger partial charge < -0.3 is 9.38 Å². The largest absolute Gasteiger partial charge is 0.337 e. The zero-order chi connectivity index (χ0) is 9.78. The van der Waals surface area contributed by atoms with Crippen LogP contribution >= 0.6 is 0 Å². The molecule has 12 heavy (non-hydrogen) atoms. The molecule has 70 valence electrons. The molecule has 0 N–H and O–H groups in total. The number of hydrogen-bond acceptors (Lipinski definition) is 1. The Hall–Kier alpha value is -0.830. The van der Waals surface area contributed by atoms with Crippen molar-refractivity contribution in [3.8, 4) is 0 Å². The molecule has 0 aromatic heterocycles. The SMILES string of the molecule is C=CC(=O)N(C)CC[N+](C)(C)C. The summed E-state index contributed by atoms with van der Waals surface area (Å²) in [6.07, 6.45) is 1.34. The summed E-state index contributed by atoms with van der Waals surface area (Å²) in [6, 6.07) is 0. The van der Waals surface area contributed by atoms with E-state index in [9.17, 15) is 4.79 Å². The van der Waals surface area contributed by atoms with Crippen LogP contribution in [-0.4, -0.2) is 56.6 Å². The zero-order valence-electron chi connectivity index (χ0n) is 8.50. The molecule has 0 atom stereocenters. The summed E-state index contributed by atoms with van der Waals surface area (Å²) in [5, 5.41) is 0. The van der Waals surface area contributed by atoms with Gasteiger partial charge in [0.15, 0.2) is 0 Å². The van der Waals surface area contributed by atoms with Crippen LogP contribution in [0.15, 0.2) is 12.7 Å². The highest BCUT2D eigenvalue weighted by molar-refractivity contribution is 5.86. The first-order valence-corrected chi connectivity index (χ1v) is 4.05. The first kappa shape index (κ1) is 11.2. The standard InChI is InChI=1S/C9H19N2O/c1-6-9(12)10(2)7-8-11(3,4)5/h6H,1,7-8H2,2-5H3/q+1. The molecule has 0 fully saturated rings. The second kappa shape index (κ2) is 4.26. The van der Waals surface area contributed by atoms with Crippen LogP contribution < -0.4 is 0 Å². The number of amides is 1. The third kappa shape index (κ3) is 4.91. The Kier molecular flexibility index (Phi) is 3.96. The predicted molar refractivity (Wildman–Crippen MR) is 50.7 cm³/mol. The van der Waals surface area contributed by atoms with Crippen molar-refractivity contribution in [3.05, 3.63) is 12.7 Å². The molecule has 0 aliphatic rings. The van der Waals surface area contributed by atoms with Crippen molar-refractivity contribution in [2.75, 3.05) is 41.3 Å². The van der Waals surface area contributed by atoms with Crippen molar-refractivity contribution in [1.29, 1.82) is 0 Å². The summed E-state index contributed by atoms with van der Waals surface area (Å²) in [7, 11) is 8.10. The minimum Gasteiger partial charge on any atom is -0.337 e. The Labute approximate surface area is 74.9 Å². The van der Waals surface area contributed by atoms with E-state index in [0.29, 0.717) is 0 Å². The number of rotatable bonds is 4. The van der Waals surface area contributed by atoms with Crippen LogP contribution in [0, 0.1) is 0 Å². The van der Waals surface area contributed by atoms with Crippen molar-refractivity contribution in [2.45, 2.75) is 0 Å². The van der Waals surface area contributed by atoms with Gasteiger partial charge in [-0.25, -0.2) is 0 Å². The summed E-state index contributed by atoms with van der Waals surface area (Å²) < 4.78 is 0.870. The molecule has 0 radical (unpaired) electrons. The number of likely N-dealkylation sites (N-methyl/N-ethyl adjacent to an activating group) is 2. The molecule has 3 nitrogen and oxygen atoms in total. The lowest BCUT2D eigenvalue weighted by molar-refractivity contribution is -0.869. The molecular weight excluding hydrogens is 152 g/mol. The third-order valence-corrected chi connectivity index (χ3v) is 1.66. The molecule has 3 heteroatoms. The van der Waals surface area contributed by atoms with Crippen LogP contribution in [0.1, 0.15) is 0 Å². The molecule has 0 heterocycles. The monoisotopic (exact) mass is 171 g/mol. The fraction of sp³-hybridized carbons (Fsp3) is 0.667. The predicted octanol–water partition coefficient (Wildman–Crippen LogP) is 0.337. The number of quaternary nitrogens is 1. The maximum atomic E-state index is 11.0. The topological polar surface area (TPSA) is 20.3 Å². The minimum atomic E-state index is -0.0107. The average molecular weight is 171 g/mol. The van der Waals surface area contributed by atoms with E-state index in [1.165, 1.54) is 6.08 Å². The quantitative estimate of drug-likeness (QED) is 0.441. The van der Waals surface area contributed by atoms with Crippen molar-refractivity contribution in [1.82, 2.24) is 4.90 Å². The Morgan fingerprint density at radius 3 is 2.33 bits per heavy atom. The number of carbonyl (C=O) groups excluding carboxylic acids is 1. The molecular formula is C9H19N2O+. The molecule has 0 aromatic carbocycles. The van der Waals surface area contributed by atoms with Crippen LogP contribution in [-0.2, 0) is 4.79 Å². The van der Waals surface area contributed by atoms with Crippen LogP contribution in [0.4, 0.5) is 0 Å². The van der Waals surface area contributed by atoms with Gasteiger partial charge in [-0.3, -0.25) is 4.79 Å². The van der Waals surface area contributed by atoms with Crippen LogP contribution in [0.3, 0.4) is 0 Å². The van der Waals surface area contributed by atoms with Crippen LogP contribution in [0.25, 0.3) is 0 Å². The lowest BCUT2D eigenvalue weighted by atomic mass is 10.4. The number of nitrogens with zero attached hydrogens (tertiary/aromatic N) is 2. The summed E-state index contributed by atoms with van der Waals surface area (Å²) in [5.74, 6) is -0.0107. The lowest BCUT2D eigenvalue weighted by Gasteiger charge is -2.26. The highest BCUT2D eigenvalue weighted by Crippen LogP contribution is 1.92. The molecule has 0 saturated carbocycles. The van der Waals surface area contributed by atoms with Crippen LogP contribution in [0.5, 0.6) is 0 Å². The molecule has 0 aliphatic heterocycles. The highest BCUT2D eigenvalue weighted by Gasteiger charge is 2.10. The molecule has 0 bridgehead atoms. The van der Waals surface area contributed by atoms with Gasteiger partial charge in [-0.1, -0.05) is 6.58 Å². The van der Waals surface area contributed by atoms with E-state index >= 15 is 0 Å². The maximum absolute atomic E-state index is 11.0. The molecule has 0 aliphatic carbocycles. The van der Waals surface area contributed by atoms with Gasteiger partial charge in [0.05, 0.1) is 34.2 Å². The first-order chi connectivity index (χ1) is 5.37. The van der Waals surface area contributed by atoms with Gasteiger partial charge >= 0.3 is 0 Å². The summed E-state index contributed by atoms with van der Waals surface area (Å²) in [4.78, 5) is 12.7. The van der Waals surface area contributed by atoms with Crippen LogP contribution in [0.2, 0.25) is 0 Å². The van der Waals surface area contributed by atoms with Gasteiger partial charge in [-0.15, -0.1) is 0 Å². The molecule has 0 spiro atoms. The van der Waals surface area contributed by atoms with Gasteiger partial charge in [0, 0.05) is 7.05 Å². The fourth-order valence-corrected chi connectivity index (χ4v) is 0.716. The molecule has 0 saturated heterocycles. The van der Waals surface area contributed by atoms with E-state index in [4.69, 9.17) is 0 Å². The molecule has 1 amide bonds. The molecule has 0 aromatic rings. The van der Waals surface area contributed by atoms with Crippen molar-refractivity contribution < 1.29 is 9.28 Å². The van der Waals surface area contributed by atoms with Gasteiger partial charge in [0.1, 0.15) is 0 Å². The summed E-state index contributed by atoms with van der Waals surface area (Å²) >= 11 is 0. The Morgan fingerprint density at radius 2 is 2.00 bits per heavy atom. The van der Waals surface area contributed by atoms with E-state index < -0.39 is 0 Å². The van der Waals surface area contributed by atoms with Crippen molar-refractivity contribution >= 4 is 5.91 Å². The average Bonchev–Trinajstić information content (AvgIpc) is 1.97. The first-order valence-electron chi connectivity index (χ1n) is 4.05. The molecule has 0 unspecified atom stereocenters. The Morgan fingerprint density at radius 1 is 1.50 bits per heavy atom. The minimum absolute atomic E-state index is 0.0107. The van der Waals surface area contributed by atoms with E-state index in [0.717, 1.165) is 17.6 Å². The second-order valence-electron chi connectivity index (χ2n) is 3.98.